The van der Waals surface area contributed by atoms with Crippen molar-refractivity contribution in [3.63, 3.8) is 0 Å². The third-order valence-electron chi connectivity index (χ3n) is 6.47. The van der Waals surface area contributed by atoms with Crippen LogP contribution in [0.3, 0.4) is 0 Å². The van der Waals surface area contributed by atoms with Gasteiger partial charge in [0.15, 0.2) is 0 Å². The highest BCUT2D eigenvalue weighted by atomic mass is 79.9. The quantitative estimate of drug-likeness (QED) is 0.406. The fourth-order valence-electron chi connectivity index (χ4n) is 4.68. The van der Waals surface area contributed by atoms with Crippen molar-refractivity contribution >= 4 is 56.7 Å². The smallest absolute Gasteiger partial charge is 0.416 e. The number of carbonyl (C=O) groups excluding carboxylic acids is 2. The monoisotopic (exact) mass is 675 g/mol. The number of hydrogen-bond donors (Lipinski definition) is 1. The second-order valence-corrected chi connectivity index (χ2v) is 11.8. The van der Waals surface area contributed by atoms with Crippen LogP contribution in [-0.4, -0.2) is 67.8 Å². The van der Waals surface area contributed by atoms with Crippen LogP contribution >= 0.6 is 27.5 Å². The Labute approximate surface area is 252 Å². The molecule has 2 aromatic heterocycles. The molecular weight excluding hydrogens is 647 g/mol. The number of fused-ring (bicyclic) bond motifs is 1. The number of benzene rings is 1. The van der Waals surface area contributed by atoms with Gasteiger partial charge in [0.05, 0.1) is 22.0 Å². The summed E-state index contributed by atoms with van der Waals surface area (Å²) in [5.41, 5.74) is -1.21. The molecule has 0 saturated carbocycles. The number of alkyl halides is 3. The summed E-state index contributed by atoms with van der Waals surface area (Å²) >= 11 is 9.23. The van der Waals surface area contributed by atoms with Gasteiger partial charge in [0.1, 0.15) is 17.8 Å². The van der Waals surface area contributed by atoms with Crippen LogP contribution in [0.5, 0.6) is 0 Å². The van der Waals surface area contributed by atoms with E-state index in [0.29, 0.717) is 50.4 Å². The Kier molecular flexibility index (Phi) is 9.11. The standard InChI is InChI=1S/C26H30BrClF3N7O4/c1-5-18-20(35-9-6-10-36(12-11-35)24(41)42-25(2,3)4)21(40)38-23(33-22(27)34-38)37(18)14-19(39)32-17-8-7-15(13-16(17)28)26(29,30)31/h7-8,13H,5-6,9-12,14H2,1-4H3,(H,32,39). The minimum atomic E-state index is -4.58. The predicted octanol–water partition coefficient (Wildman–Crippen LogP) is 4.97. The van der Waals surface area contributed by atoms with Crippen LogP contribution in [0.2, 0.25) is 5.02 Å². The zero-order valence-corrected chi connectivity index (χ0v) is 25.7. The summed E-state index contributed by atoms with van der Waals surface area (Å²) in [6.45, 7) is 8.39. The van der Waals surface area contributed by atoms with Crippen molar-refractivity contribution in [2.75, 3.05) is 36.4 Å². The van der Waals surface area contributed by atoms with E-state index in [1.165, 1.54) is 0 Å². The summed E-state index contributed by atoms with van der Waals surface area (Å²) < 4.78 is 47.4. The fraction of sp³-hybridized carbons (Fsp3) is 0.500. The largest absolute Gasteiger partial charge is 0.444 e. The molecule has 228 valence electrons. The van der Waals surface area contributed by atoms with Crippen molar-refractivity contribution < 1.29 is 27.5 Å². The van der Waals surface area contributed by atoms with E-state index >= 15 is 0 Å². The maximum Gasteiger partial charge on any atom is 0.416 e. The van der Waals surface area contributed by atoms with Gasteiger partial charge in [0, 0.05) is 26.2 Å². The van der Waals surface area contributed by atoms with Crippen LogP contribution < -0.4 is 15.8 Å². The molecular formula is C26H30BrClF3N7O4. The topological polar surface area (TPSA) is 114 Å². The first kappa shape index (κ1) is 31.6. The summed E-state index contributed by atoms with van der Waals surface area (Å²) in [5.74, 6) is -0.500. The highest BCUT2D eigenvalue weighted by Crippen LogP contribution is 2.34. The molecule has 11 nitrogen and oxygen atoms in total. The Bertz CT molecular complexity index is 1570. The molecule has 1 saturated heterocycles. The Balaban J connectivity index is 1.66. The molecule has 42 heavy (non-hydrogen) atoms. The summed E-state index contributed by atoms with van der Waals surface area (Å²) in [7, 11) is 0. The average Bonchev–Trinajstić information content (AvgIpc) is 3.11. The fourth-order valence-corrected chi connectivity index (χ4v) is 5.23. The summed E-state index contributed by atoms with van der Waals surface area (Å²) in [4.78, 5) is 47.3. The number of rotatable bonds is 5. The van der Waals surface area contributed by atoms with Crippen molar-refractivity contribution in [3.05, 3.63) is 49.6 Å². The van der Waals surface area contributed by atoms with E-state index in [0.717, 1.165) is 22.7 Å². The molecule has 0 aliphatic carbocycles. The van der Waals surface area contributed by atoms with E-state index in [1.807, 2.05) is 11.8 Å². The maximum atomic E-state index is 13.7. The Morgan fingerprint density at radius 2 is 1.86 bits per heavy atom. The SMILES string of the molecule is CCc1c(N2CCCN(C(=O)OC(C)(C)C)CC2)c(=O)n2nc(Br)nc2n1CC(=O)Nc1ccc(C(F)(F)F)cc1Cl. The molecule has 4 rings (SSSR count). The first-order valence-corrected chi connectivity index (χ1v) is 14.3. The van der Waals surface area contributed by atoms with Crippen LogP contribution in [0, 0.1) is 0 Å². The number of anilines is 2. The van der Waals surface area contributed by atoms with Crippen LogP contribution in [0.4, 0.5) is 29.3 Å². The molecule has 1 fully saturated rings. The van der Waals surface area contributed by atoms with Gasteiger partial charge < -0.3 is 24.4 Å². The number of nitrogens with one attached hydrogen (secondary N) is 1. The lowest BCUT2D eigenvalue weighted by molar-refractivity contribution is -0.137. The van der Waals surface area contributed by atoms with E-state index in [9.17, 15) is 27.6 Å². The van der Waals surface area contributed by atoms with Gasteiger partial charge in [0.2, 0.25) is 16.4 Å². The molecule has 3 aromatic rings. The van der Waals surface area contributed by atoms with Crippen molar-refractivity contribution in [1.29, 1.82) is 0 Å². The van der Waals surface area contributed by atoms with Crippen LogP contribution in [0.25, 0.3) is 5.78 Å². The van der Waals surface area contributed by atoms with E-state index in [4.69, 9.17) is 16.3 Å². The molecule has 1 aromatic carbocycles. The molecule has 16 heteroatoms. The van der Waals surface area contributed by atoms with Crippen LogP contribution in [-0.2, 0) is 28.7 Å². The number of aromatic nitrogens is 4. The lowest BCUT2D eigenvalue weighted by Gasteiger charge is -2.28. The Morgan fingerprint density at radius 1 is 1.14 bits per heavy atom. The molecule has 0 spiro atoms. The van der Waals surface area contributed by atoms with E-state index < -0.39 is 34.9 Å². The van der Waals surface area contributed by atoms with Crippen molar-refractivity contribution in [2.45, 2.75) is 58.9 Å². The number of nitrogens with zero attached hydrogens (tertiary/aromatic N) is 6. The molecule has 0 atom stereocenters. The maximum absolute atomic E-state index is 13.7. The molecule has 3 heterocycles. The third-order valence-corrected chi connectivity index (χ3v) is 7.12. The summed E-state index contributed by atoms with van der Waals surface area (Å²) in [6, 6.07) is 2.64. The van der Waals surface area contributed by atoms with E-state index in [2.05, 4.69) is 31.3 Å². The first-order valence-electron chi connectivity index (χ1n) is 13.2. The van der Waals surface area contributed by atoms with Gasteiger partial charge in [-0.1, -0.05) is 18.5 Å². The van der Waals surface area contributed by atoms with Crippen LogP contribution in [0.15, 0.2) is 27.7 Å². The van der Waals surface area contributed by atoms with Gasteiger partial charge in [-0.3, -0.25) is 9.59 Å². The molecule has 2 amide bonds. The third kappa shape index (κ3) is 7.00. The number of halogens is 5. The lowest BCUT2D eigenvalue weighted by Crippen LogP contribution is -2.40. The number of carbonyl (C=O) groups is 2. The van der Waals surface area contributed by atoms with E-state index in [-0.39, 0.29) is 27.8 Å². The summed E-state index contributed by atoms with van der Waals surface area (Å²) in [6.07, 6.45) is -4.12. The van der Waals surface area contributed by atoms with Gasteiger partial charge in [-0.05, 0) is 67.7 Å². The Hall–Kier alpha value is -3.33. The average molecular weight is 677 g/mol. The zero-order chi connectivity index (χ0) is 31.0. The Morgan fingerprint density at radius 3 is 2.48 bits per heavy atom. The normalized spacial score (nSPS) is 14.7. The number of hydrogen-bond acceptors (Lipinski definition) is 7. The molecule has 1 aliphatic rings. The molecule has 0 unspecified atom stereocenters. The second kappa shape index (κ2) is 12.1. The predicted molar refractivity (Wildman–Crippen MR) is 154 cm³/mol. The van der Waals surface area contributed by atoms with Gasteiger partial charge in [-0.15, -0.1) is 5.10 Å². The molecule has 0 bridgehead atoms. The van der Waals surface area contributed by atoms with Gasteiger partial charge in [-0.2, -0.15) is 22.7 Å². The van der Waals surface area contributed by atoms with Gasteiger partial charge in [0.25, 0.3) is 5.56 Å². The summed E-state index contributed by atoms with van der Waals surface area (Å²) in [5, 5.41) is 6.44. The molecule has 1 aliphatic heterocycles. The van der Waals surface area contributed by atoms with Crippen molar-refractivity contribution in [1.82, 2.24) is 24.1 Å². The minimum Gasteiger partial charge on any atom is -0.444 e. The first-order chi connectivity index (χ1) is 19.6. The minimum absolute atomic E-state index is 0.00223. The zero-order valence-electron chi connectivity index (χ0n) is 23.4. The van der Waals surface area contributed by atoms with Crippen molar-refractivity contribution in [2.24, 2.45) is 0 Å². The van der Waals surface area contributed by atoms with Gasteiger partial charge >= 0.3 is 12.3 Å². The lowest BCUT2D eigenvalue weighted by atomic mass is 10.2. The highest BCUT2D eigenvalue weighted by Gasteiger charge is 2.32. The molecule has 1 N–H and O–H groups in total. The van der Waals surface area contributed by atoms with Crippen molar-refractivity contribution in [3.8, 4) is 0 Å². The van der Waals surface area contributed by atoms with Gasteiger partial charge in [-0.25, -0.2) is 4.79 Å². The molecule has 0 radical (unpaired) electrons. The number of amides is 2. The highest BCUT2D eigenvalue weighted by molar-refractivity contribution is 9.10. The second-order valence-electron chi connectivity index (χ2n) is 10.7. The van der Waals surface area contributed by atoms with Crippen LogP contribution in [0.1, 0.15) is 45.4 Å². The van der Waals surface area contributed by atoms with E-state index in [1.54, 1.807) is 30.2 Å². The number of ether oxygens (including phenoxy) is 1.